The van der Waals surface area contributed by atoms with Gasteiger partial charge in [0, 0.05) is 5.57 Å². The first-order valence-electron chi connectivity index (χ1n) is 2.80. The SMILES string of the molecule is CCOOC/C(C#N)=C\[O-].[K+]. The van der Waals surface area contributed by atoms with Crippen LogP contribution in [0.15, 0.2) is 11.8 Å². The second kappa shape index (κ2) is 10.6. The molecule has 5 heteroatoms. The van der Waals surface area contributed by atoms with Gasteiger partial charge in [-0.15, -0.1) is 6.26 Å². The standard InChI is InChI=1S/C6H9NO3.K/c1-2-9-10-5-6(3-7)4-8;/h4,8H,2,5H2,1H3;/q;+1/p-1/b6-4-;. The van der Waals surface area contributed by atoms with Crippen molar-refractivity contribution in [1.82, 2.24) is 0 Å². The Hall–Kier alpha value is 0.586. The molecule has 0 spiro atoms. The molecule has 56 valence electrons. The second-order valence-electron chi connectivity index (χ2n) is 1.42. The molecule has 0 atom stereocenters. The fraction of sp³-hybridized carbons (Fsp3) is 0.500. The van der Waals surface area contributed by atoms with Crippen molar-refractivity contribution in [2.24, 2.45) is 0 Å². The van der Waals surface area contributed by atoms with Crippen LogP contribution >= 0.6 is 0 Å². The van der Waals surface area contributed by atoms with Gasteiger partial charge in [-0.3, -0.25) is 0 Å². The molecule has 0 aliphatic heterocycles. The third-order valence-electron chi connectivity index (χ3n) is 0.701. The van der Waals surface area contributed by atoms with Crippen LogP contribution in [0.25, 0.3) is 0 Å². The van der Waals surface area contributed by atoms with Gasteiger partial charge in [0.15, 0.2) is 0 Å². The van der Waals surface area contributed by atoms with Crippen molar-refractivity contribution in [1.29, 1.82) is 5.26 Å². The van der Waals surface area contributed by atoms with Crippen molar-refractivity contribution in [3.63, 3.8) is 0 Å². The van der Waals surface area contributed by atoms with Gasteiger partial charge in [-0.05, 0) is 6.92 Å². The Balaban J connectivity index is 0. The number of rotatable bonds is 4. The van der Waals surface area contributed by atoms with Crippen molar-refractivity contribution in [3.8, 4) is 6.07 Å². The maximum absolute atomic E-state index is 9.94. The molecule has 0 rings (SSSR count). The minimum atomic E-state index is -0.0756. The number of hydrogen-bond acceptors (Lipinski definition) is 4. The summed E-state index contributed by atoms with van der Waals surface area (Å²) >= 11 is 0. The van der Waals surface area contributed by atoms with Gasteiger partial charge in [0.1, 0.15) is 6.61 Å². The van der Waals surface area contributed by atoms with Crippen LogP contribution in [0, 0.1) is 11.3 Å². The van der Waals surface area contributed by atoms with Gasteiger partial charge in [0.05, 0.1) is 12.7 Å². The van der Waals surface area contributed by atoms with Crippen LogP contribution in [-0.4, -0.2) is 13.2 Å². The third kappa shape index (κ3) is 8.49. The first-order chi connectivity index (χ1) is 4.85. The Bertz CT molecular complexity index is 152. The molecular formula is C6H8KNO3. The quantitative estimate of drug-likeness (QED) is 0.114. The van der Waals surface area contributed by atoms with Crippen LogP contribution in [0.2, 0.25) is 0 Å². The Morgan fingerprint density at radius 1 is 1.64 bits per heavy atom. The van der Waals surface area contributed by atoms with Crippen LogP contribution in [0.3, 0.4) is 0 Å². The van der Waals surface area contributed by atoms with Gasteiger partial charge >= 0.3 is 51.4 Å². The van der Waals surface area contributed by atoms with E-state index < -0.39 is 0 Å². The fourth-order valence-corrected chi connectivity index (χ4v) is 0.281. The molecule has 0 amide bonds. The van der Waals surface area contributed by atoms with Gasteiger partial charge in [0.25, 0.3) is 0 Å². The van der Waals surface area contributed by atoms with E-state index in [2.05, 4.69) is 9.78 Å². The van der Waals surface area contributed by atoms with Gasteiger partial charge in [-0.1, -0.05) is 0 Å². The predicted molar refractivity (Wildman–Crippen MR) is 31.3 cm³/mol. The van der Waals surface area contributed by atoms with E-state index in [1.165, 1.54) is 0 Å². The molecule has 0 bridgehead atoms. The molecule has 0 fully saturated rings. The minimum absolute atomic E-state index is 0. The molecule has 0 aromatic carbocycles. The van der Waals surface area contributed by atoms with Crippen molar-refractivity contribution < 1.29 is 66.3 Å². The zero-order chi connectivity index (χ0) is 7.82. The molecule has 0 heterocycles. The van der Waals surface area contributed by atoms with Gasteiger partial charge in [0.2, 0.25) is 0 Å². The zero-order valence-electron chi connectivity index (χ0n) is 6.66. The van der Waals surface area contributed by atoms with E-state index in [-0.39, 0.29) is 63.6 Å². The number of nitriles is 1. The Kier molecular flexibility index (Phi) is 13.6. The Morgan fingerprint density at radius 3 is 2.64 bits per heavy atom. The smallest absolute Gasteiger partial charge is 0.877 e. The van der Waals surface area contributed by atoms with Gasteiger partial charge in [-0.25, -0.2) is 9.78 Å². The summed E-state index contributed by atoms with van der Waals surface area (Å²) < 4.78 is 0. The average Bonchev–Trinajstić information content (AvgIpc) is 1.99. The van der Waals surface area contributed by atoms with Crippen molar-refractivity contribution in [2.45, 2.75) is 6.92 Å². The summed E-state index contributed by atoms with van der Waals surface area (Å²) in [4.78, 5) is 8.87. The molecule has 0 N–H and O–H groups in total. The van der Waals surface area contributed by atoms with E-state index >= 15 is 0 Å². The van der Waals surface area contributed by atoms with E-state index in [4.69, 9.17) is 5.26 Å². The molecule has 4 nitrogen and oxygen atoms in total. The Labute approximate surface area is 108 Å². The van der Waals surface area contributed by atoms with E-state index in [0.717, 1.165) is 0 Å². The first kappa shape index (κ1) is 14.1. The molecule has 0 aliphatic rings. The number of nitrogens with zero attached hydrogens (tertiary/aromatic N) is 1. The topological polar surface area (TPSA) is 65.3 Å². The van der Waals surface area contributed by atoms with Crippen molar-refractivity contribution in [3.05, 3.63) is 11.8 Å². The van der Waals surface area contributed by atoms with Crippen LogP contribution < -0.4 is 56.5 Å². The van der Waals surface area contributed by atoms with E-state index in [1.54, 1.807) is 13.0 Å². The van der Waals surface area contributed by atoms with Crippen LogP contribution in [0.5, 0.6) is 0 Å². The molecule has 0 aliphatic carbocycles. The molecule has 0 unspecified atom stereocenters. The molecule has 0 aromatic heterocycles. The van der Waals surface area contributed by atoms with E-state index in [9.17, 15) is 5.11 Å². The van der Waals surface area contributed by atoms with Crippen LogP contribution in [0.1, 0.15) is 6.92 Å². The van der Waals surface area contributed by atoms with Crippen molar-refractivity contribution >= 4 is 0 Å². The molecule has 0 saturated heterocycles. The number of hydrogen-bond donors (Lipinski definition) is 0. The summed E-state index contributed by atoms with van der Waals surface area (Å²) in [5.74, 6) is 0. The normalized spacial score (nSPS) is 10.0. The largest absolute Gasteiger partial charge is 1.00 e. The molecular weight excluding hydrogens is 173 g/mol. The summed E-state index contributed by atoms with van der Waals surface area (Å²) in [7, 11) is 0. The molecule has 0 saturated carbocycles. The van der Waals surface area contributed by atoms with E-state index in [1.807, 2.05) is 0 Å². The molecule has 0 aromatic rings. The minimum Gasteiger partial charge on any atom is -0.877 e. The summed E-state index contributed by atoms with van der Waals surface area (Å²) in [6.45, 7) is 2.07. The summed E-state index contributed by atoms with van der Waals surface area (Å²) in [5, 5.41) is 18.1. The summed E-state index contributed by atoms with van der Waals surface area (Å²) in [5.41, 5.74) is 0.0217. The maximum Gasteiger partial charge on any atom is 1.00 e. The predicted octanol–water partition coefficient (Wildman–Crippen LogP) is -3.27. The van der Waals surface area contributed by atoms with E-state index in [0.29, 0.717) is 12.9 Å². The van der Waals surface area contributed by atoms with Crippen LogP contribution in [-0.2, 0) is 9.78 Å². The van der Waals surface area contributed by atoms with Gasteiger partial charge in [-0.2, -0.15) is 5.26 Å². The second-order valence-corrected chi connectivity index (χ2v) is 1.42. The fourth-order valence-electron chi connectivity index (χ4n) is 0.281. The van der Waals surface area contributed by atoms with Crippen molar-refractivity contribution in [2.75, 3.05) is 13.2 Å². The molecule has 0 radical (unpaired) electrons. The maximum atomic E-state index is 9.94. The monoisotopic (exact) mass is 181 g/mol. The molecule has 11 heavy (non-hydrogen) atoms. The zero-order valence-corrected chi connectivity index (χ0v) is 9.79. The summed E-state index contributed by atoms with van der Waals surface area (Å²) in [6, 6.07) is 1.65. The van der Waals surface area contributed by atoms with Gasteiger partial charge < -0.3 is 5.11 Å². The first-order valence-corrected chi connectivity index (χ1v) is 2.80. The average molecular weight is 181 g/mol. The van der Waals surface area contributed by atoms with Crippen LogP contribution in [0.4, 0.5) is 0 Å². The third-order valence-corrected chi connectivity index (χ3v) is 0.701. The summed E-state index contributed by atoms with van der Waals surface area (Å²) in [6.07, 6.45) is 0.443. The Morgan fingerprint density at radius 2 is 2.27 bits per heavy atom.